The summed E-state index contributed by atoms with van der Waals surface area (Å²) in [7, 11) is 0. The van der Waals surface area contributed by atoms with Crippen LogP contribution in [0.5, 0.6) is 0 Å². The van der Waals surface area contributed by atoms with Crippen molar-refractivity contribution in [2.45, 2.75) is 6.61 Å². The van der Waals surface area contributed by atoms with Crippen molar-refractivity contribution < 1.29 is 9.66 Å². The van der Waals surface area contributed by atoms with Gasteiger partial charge >= 0.3 is 0 Å². The third-order valence-electron chi connectivity index (χ3n) is 1.52. The Bertz CT molecular complexity index is 303. The third kappa shape index (κ3) is 2.78. The average molecular weight is 246 g/mol. The lowest BCUT2D eigenvalue weighted by Gasteiger charge is -2.01. The number of nitro benzene ring substituents is 1. The molecule has 0 fully saturated rings. The first-order valence-corrected chi connectivity index (χ1v) is 4.74. The van der Waals surface area contributed by atoms with Gasteiger partial charge in [0.1, 0.15) is 5.52 Å². The largest absolute Gasteiger partial charge is 0.365 e. The molecule has 0 N–H and O–H groups in total. The highest BCUT2D eigenvalue weighted by atomic mass is 79.9. The molecule has 0 atom stereocenters. The molecular formula is C8H8BrNO3. The van der Waals surface area contributed by atoms with Crippen LogP contribution in [0.2, 0.25) is 0 Å². The van der Waals surface area contributed by atoms with Crippen molar-refractivity contribution in [3.05, 3.63) is 39.9 Å². The van der Waals surface area contributed by atoms with Gasteiger partial charge in [-0.2, -0.15) is 0 Å². The molecule has 5 heteroatoms. The van der Waals surface area contributed by atoms with Gasteiger partial charge in [0.05, 0.1) is 17.1 Å². The molecule has 1 aromatic carbocycles. The summed E-state index contributed by atoms with van der Waals surface area (Å²) < 4.78 is 5.02. The molecule has 0 aliphatic heterocycles. The molecule has 13 heavy (non-hydrogen) atoms. The lowest BCUT2D eigenvalue weighted by molar-refractivity contribution is -0.385. The first-order valence-electron chi connectivity index (χ1n) is 3.61. The number of rotatable bonds is 4. The van der Waals surface area contributed by atoms with Gasteiger partial charge in [-0.15, -0.1) is 0 Å². The fourth-order valence-electron chi connectivity index (χ4n) is 0.960. The van der Waals surface area contributed by atoms with Crippen LogP contribution in [-0.2, 0) is 11.3 Å². The van der Waals surface area contributed by atoms with Crippen molar-refractivity contribution in [3.63, 3.8) is 0 Å². The Hall–Kier alpha value is -0.940. The number of para-hydroxylation sites is 1. The van der Waals surface area contributed by atoms with Crippen LogP contribution in [0, 0.1) is 10.1 Å². The molecule has 70 valence electrons. The molecule has 0 spiro atoms. The predicted molar refractivity (Wildman–Crippen MR) is 51.7 cm³/mol. The Morgan fingerprint density at radius 1 is 1.46 bits per heavy atom. The van der Waals surface area contributed by atoms with E-state index >= 15 is 0 Å². The quantitative estimate of drug-likeness (QED) is 0.465. The first kappa shape index (κ1) is 10.1. The van der Waals surface area contributed by atoms with Gasteiger partial charge in [-0.05, 0) is 6.07 Å². The minimum Gasteiger partial charge on any atom is -0.365 e. The van der Waals surface area contributed by atoms with Crippen LogP contribution in [0.4, 0.5) is 5.69 Å². The summed E-state index contributed by atoms with van der Waals surface area (Å²) >= 11 is 3.08. The third-order valence-corrected chi connectivity index (χ3v) is 1.85. The molecular weight excluding hydrogens is 238 g/mol. The van der Waals surface area contributed by atoms with Crippen LogP contribution < -0.4 is 0 Å². The van der Waals surface area contributed by atoms with Crippen molar-refractivity contribution in [2.75, 3.05) is 5.52 Å². The smallest absolute Gasteiger partial charge is 0.274 e. The topological polar surface area (TPSA) is 52.4 Å². The normalized spacial score (nSPS) is 9.92. The highest BCUT2D eigenvalue weighted by Gasteiger charge is 2.11. The summed E-state index contributed by atoms with van der Waals surface area (Å²) in [6.07, 6.45) is 0. The van der Waals surface area contributed by atoms with E-state index in [4.69, 9.17) is 4.74 Å². The van der Waals surface area contributed by atoms with Gasteiger partial charge in [-0.3, -0.25) is 10.1 Å². The second-order valence-corrected chi connectivity index (χ2v) is 2.80. The SMILES string of the molecule is O=[N+]([O-])c1ccccc1COCBr. The number of nitrogens with zero attached hydrogens (tertiary/aromatic N) is 1. The summed E-state index contributed by atoms with van der Waals surface area (Å²) in [6.45, 7) is 0.252. The lowest BCUT2D eigenvalue weighted by Crippen LogP contribution is -1.97. The van der Waals surface area contributed by atoms with E-state index in [1.807, 2.05) is 0 Å². The minimum absolute atomic E-state index is 0.100. The van der Waals surface area contributed by atoms with Gasteiger partial charge in [0.2, 0.25) is 0 Å². The fraction of sp³-hybridized carbons (Fsp3) is 0.250. The maximum atomic E-state index is 10.5. The Labute approximate surface area is 83.8 Å². The molecule has 0 saturated carbocycles. The van der Waals surface area contributed by atoms with Crippen molar-refractivity contribution in [2.24, 2.45) is 0 Å². The number of halogens is 1. The van der Waals surface area contributed by atoms with Crippen molar-refractivity contribution in [1.29, 1.82) is 0 Å². The van der Waals surface area contributed by atoms with Gasteiger partial charge in [0.25, 0.3) is 5.69 Å². The zero-order chi connectivity index (χ0) is 9.68. The Kier molecular flexibility index (Phi) is 3.85. The van der Waals surface area contributed by atoms with E-state index in [1.165, 1.54) is 6.07 Å². The van der Waals surface area contributed by atoms with Crippen molar-refractivity contribution >= 4 is 21.6 Å². The molecule has 0 aliphatic rings. The van der Waals surface area contributed by atoms with E-state index < -0.39 is 4.92 Å². The summed E-state index contributed by atoms with van der Waals surface area (Å²) in [5.41, 5.74) is 1.06. The van der Waals surface area contributed by atoms with Crippen LogP contribution in [0.25, 0.3) is 0 Å². The number of benzene rings is 1. The maximum Gasteiger partial charge on any atom is 0.274 e. The number of hydrogen-bond acceptors (Lipinski definition) is 3. The summed E-state index contributed by atoms with van der Waals surface area (Å²) in [4.78, 5) is 10.1. The maximum absolute atomic E-state index is 10.5. The molecule has 0 bridgehead atoms. The van der Waals surface area contributed by atoms with Crippen molar-refractivity contribution in [1.82, 2.24) is 0 Å². The molecule has 0 aromatic heterocycles. The molecule has 4 nitrogen and oxygen atoms in total. The number of ether oxygens (including phenoxy) is 1. The first-order chi connectivity index (χ1) is 6.25. The van der Waals surface area contributed by atoms with E-state index in [-0.39, 0.29) is 12.3 Å². The highest BCUT2D eigenvalue weighted by molar-refractivity contribution is 9.09. The van der Waals surface area contributed by atoms with Gasteiger partial charge in [-0.1, -0.05) is 28.1 Å². The second kappa shape index (κ2) is 4.94. The summed E-state index contributed by atoms with van der Waals surface area (Å²) in [5.74, 6) is 0. The second-order valence-electron chi connectivity index (χ2n) is 2.34. The lowest BCUT2D eigenvalue weighted by atomic mass is 10.2. The zero-order valence-corrected chi connectivity index (χ0v) is 8.36. The fourth-order valence-corrected chi connectivity index (χ4v) is 1.12. The Morgan fingerprint density at radius 2 is 2.15 bits per heavy atom. The van der Waals surface area contributed by atoms with E-state index in [0.717, 1.165) is 0 Å². The van der Waals surface area contributed by atoms with E-state index in [0.29, 0.717) is 11.1 Å². The minimum atomic E-state index is -0.410. The number of nitro groups is 1. The molecule has 0 unspecified atom stereocenters. The predicted octanol–water partition coefficient (Wildman–Crippen LogP) is 2.46. The van der Waals surface area contributed by atoms with Crippen LogP contribution in [0.3, 0.4) is 0 Å². The molecule has 0 amide bonds. The molecule has 0 heterocycles. The van der Waals surface area contributed by atoms with Gasteiger partial charge in [-0.25, -0.2) is 0 Å². The molecule has 1 rings (SSSR count). The van der Waals surface area contributed by atoms with Gasteiger partial charge in [0, 0.05) is 6.07 Å². The van der Waals surface area contributed by atoms with Crippen molar-refractivity contribution in [3.8, 4) is 0 Å². The van der Waals surface area contributed by atoms with E-state index in [2.05, 4.69) is 15.9 Å². The van der Waals surface area contributed by atoms with E-state index in [1.54, 1.807) is 18.2 Å². The zero-order valence-electron chi connectivity index (χ0n) is 6.77. The summed E-state index contributed by atoms with van der Waals surface area (Å²) in [6, 6.07) is 6.53. The van der Waals surface area contributed by atoms with Crippen LogP contribution >= 0.6 is 15.9 Å². The molecule has 0 radical (unpaired) electrons. The van der Waals surface area contributed by atoms with Crippen LogP contribution in [-0.4, -0.2) is 10.4 Å². The monoisotopic (exact) mass is 245 g/mol. The molecule has 1 aromatic rings. The Balaban J connectivity index is 2.84. The van der Waals surface area contributed by atoms with Crippen LogP contribution in [0.1, 0.15) is 5.56 Å². The average Bonchev–Trinajstić information content (AvgIpc) is 2.15. The molecule has 0 aliphatic carbocycles. The van der Waals surface area contributed by atoms with Crippen LogP contribution in [0.15, 0.2) is 24.3 Å². The molecule has 0 saturated heterocycles. The van der Waals surface area contributed by atoms with Gasteiger partial charge < -0.3 is 4.74 Å². The summed E-state index contributed by atoms with van der Waals surface area (Å²) in [5, 5.41) is 10.5. The van der Waals surface area contributed by atoms with E-state index in [9.17, 15) is 10.1 Å². The Morgan fingerprint density at radius 3 is 2.77 bits per heavy atom. The standard InChI is InChI=1S/C8H8BrNO3/c9-6-13-5-7-3-1-2-4-8(7)10(11)12/h1-4H,5-6H2. The van der Waals surface area contributed by atoms with Gasteiger partial charge in [0.15, 0.2) is 0 Å². The highest BCUT2D eigenvalue weighted by Crippen LogP contribution is 2.18. The number of alkyl halides is 1. The number of hydrogen-bond donors (Lipinski definition) is 0.